The molecule has 2 aliphatic rings. The second kappa shape index (κ2) is 8.60. The van der Waals surface area contributed by atoms with Crippen molar-refractivity contribution in [3.05, 3.63) is 18.2 Å². The van der Waals surface area contributed by atoms with Crippen LogP contribution in [0, 0.1) is 0 Å². The van der Waals surface area contributed by atoms with Gasteiger partial charge in [-0.3, -0.25) is 9.69 Å². The normalized spacial score (nSPS) is 20.2. The van der Waals surface area contributed by atoms with E-state index in [0.29, 0.717) is 56.6 Å². The summed E-state index contributed by atoms with van der Waals surface area (Å²) in [6.07, 6.45) is 4.54. The van der Waals surface area contributed by atoms with Gasteiger partial charge in [0.05, 0.1) is 55.6 Å². The monoisotopic (exact) mass is 427 g/mol. The minimum Gasteiger partial charge on any atom is -0.466 e. The topological polar surface area (TPSA) is 120 Å². The quantitative estimate of drug-likeness (QED) is 0.579. The summed E-state index contributed by atoms with van der Waals surface area (Å²) in [4.78, 5) is 23.2. The number of rotatable bonds is 6. The number of aryl methyl sites for hydroxylation is 1. The number of ether oxygens (including phenoxy) is 2. The molecule has 0 amide bonds. The number of morpholine rings is 1. The van der Waals surface area contributed by atoms with Crippen LogP contribution in [0.4, 0.5) is 5.69 Å². The third-order valence-electron chi connectivity index (χ3n) is 5.62. The Balaban J connectivity index is 1.48. The van der Waals surface area contributed by atoms with Crippen LogP contribution in [0.2, 0.25) is 0 Å². The summed E-state index contributed by atoms with van der Waals surface area (Å²) in [5.74, 6) is 0.807. The van der Waals surface area contributed by atoms with Crippen molar-refractivity contribution in [1.29, 1.82) is 0 Å². The molecule has 0 saturated carbocycles. The first-order valence-electron chi connectivity index (χ1n) is 10.6. The van der Waals surface area contributed by atoms with Crippen LogP contribution in [0.25, 0.3) is 22.5 Å². The highest BCUT2D eigenvalue weighted by Gasteiger charge is 2.25. The number of carbonyl (C=O) groups is 1. The summed E-state index contributed by atoms with van der Waals surface area (Å²) in [6, 6.07) is -0.0497. The van der Waals surface area contributed by atoms with Crippen molar-refractivity contribution in [2.75, 3.05) is 38.2 Å². The number of carbonyl (C=O) groups excluding carboxylic acids is 1. The molecule has 2 fully saturated rings. The standard InChI is InChI=1S/C20H25N7O4/c1-2-27-19-14(11-22-27)18(23-13-3-6-30-17(28)9-13)15(10-21-19)20-24-16(25-31-20)12-26-4-7-29-8-5-26/h10-11,13H,2-9,12H2,1H3,(H,21,23). The smallest absolute Gasteiger partial charge is 0.307 e. The van der Waals surface area contributed by atoms with Gasteiger partial charge < -0.3 is 19.3 Å². The summed E-state index contributed by atoms with van der Waals surface area (Å²) in [7, 11) is 0. The fourth-order valence-electron chi connectivity index (χ4n) is 3.97. The van der Waals surface area contributed by atoms with Crippen LogP contribution in [0.3, 0.4) is 0 Å². The molecular weight excluding hydrogens is 402 g/mol. The number of hydrogen-bond donors (Lipinski definition) is 1. The number of anilines is 1. The van der Waals surface area contributed by atoms with E-state index >= 15 is 0 Å². The fraction of sp³-hybridized carbons (Fsp3) is 0.550. The molecule has 5 rings (SSSR count). The zero-order chi connectivity index (χ0) is 21.2. The third-order valence-corrected chi connectivity index (χ3v) is 5.62. The Morgan fingerprint density at radius 3 is 2.90 bits per heavy atom. The van der Waals surface area contributed by atoms with E-state index in [1.807, 2.05) is 11.6 Å². The lowest BCUT2D eigenvalue weighted by atomic mass is 10.1. The first-order chi connectivity index (χ1) is 15.2. The van der Waals surface area contributed by atoms with E-state index < -0.39 is 0 Å². The molecule has 3 aromatic rings. The van der Waals surface area contributed by atoms with Crippen molar-refractivity contribution in [3.63, 3.8) is 0 Å². The fourth-order valence-corrected chi connectivity index (χ4v) is 3.97. The summed E-state index contributed by atoms with van der Waals surface area (Å²) in [5.41, 5.74) is 2.26. The summed E-state index contributed by atoms with van der Waals surface area (Å²) < 4.78 is 17.9. The van der Waals surface area contributed by atoms with Crippen LogP contribution in [0.15, 0.2) is 16.9 Å². The van der Waals surface area contributed by atoms with Gasteiger partial charge in [-0.15, -0.1) is 0 Å². The van der Waals surface area contributed by atoms with Crippen LogP contribution in [0.5, 0.6) is 0 Å². The lowest BCUT2D eigenvalue weighted by molar-refractivity contribution is -0.147. The van der Waals surface area contributed by atoms with E-state index in [1.54, 1.807) is 12.4 Å². The summed E-state index contributed by atoms with van der Waals surface area (Å²) >= 11 is 0. The van der Waals surface area contributed by atoms with E-state index in [2.05, 4.69) is 30.4 Å². The Morgan fingerprint density at radius 2 is 2.10 bits per heavy atom. The van der Waals surface area contributed by atoms with Crippen LogP contribution in [0.1, 0.15) is 25.6 Å². The minimum absolute atomic E-state index is 0.0497. The molecule has 31 heavy (non-hydrogen) atoms. The van der Waals surface area contributed by atoms with Gasteiger partial charge in [0.15, 0.2) is 11.5 Å². The number of hydrogen-bond acceptors (Lipinski definition) is 10. The first kappa shape index (κ1) is 19.9. The van der Waals surface area contributed by atoms with E-state index in [4.69, 9.17) is 14.0 Å². The van der Waals surface area contributed by atoms with Gasteiger partial charge in [0.1, 0.15) is 0 Å². The third kappa shape index (κ3) is 4.10. The Bertz CT molecular complexity index is 1070. The number of aromatic nitrogens is 5. The molecule has 2 saturated heterocycles. The Kier molecular flexibility index (Phi) is 5.51. The Labute approximate surface area is 178 Å². The van der Waals surface area contributed by atoms with Crippen molar-refractivity contribution >= 4 is 22.7 Å². The molecule has 3 aromatic heterocycles. The summed E-state index contributed by atoms with van der Waals surface area (Å²) in [5, 5.41) is 13.0. The number of fused-ring (bicyclic) bond motifs is 1. The maximum atomic E-state index is 11.8. The van der Waals surface area contributed by atoms with Gasteiger partial charge in [-0.05, 0) is 6.92 Å². The lowest BCUT2D eigenvalue weighted by Crippen LogP contribution is -2.35. The molecular formula is C20H25N7O4. The molecule has 1 N–H and O–H groups in total. The van der Waals surface area contributed by atoms with Crippen molar-refractivity contribution < 1.29 is 18.8 Å². The van der Waals surface area contributed by atoms with Gasteiger partial charge in [0.2, 0.25) is 0 Å². The molecule has 1 atom stereocenters. The van der Waals surface area contributed by atoms with E-state index in [-0.39, 0.29) is 12.0 Å². The highest BCUT2D eigenvalue weighted by Crippen LogP contribution is 2.34. The number of cyclic esters (lactones) is 1. The molecule has 0 aliphatic carbocycles. The second-order valence-electron chi connectivity index (χ2n) is 7.70. The SMILES string of the molecule is CCn1ncc2c(NC3CCOC(=O)C3)c(-c3nc(CN4CCOCC4)no3)cnc21. The molecule has 164 valence electrons. The van der Waals surface area contributed by atoms with E-state index in [9.17, 15) is 4.79 Å². The largest absolute Gasteiger partial charge is 0.466 e. The zero-order valence-corrected chi connectivity index (χ0v) is 17.4. The molecule has 2 aliphatic heterocycles. The van der Waals surface area contributed by atoms with Crippen molar-refractivity contribution in [1.82, 2.24) is 29.8 Å². The molecule has 0 spiro atoms. The average Bonchev–Trinajstić information content (AvgIpc) is 3.42. The number of pyridine rings is 1. The summed E-state index contributed by atoms with van der Waals surface area (Å²) in [6.45, 7) is 6.84. The molecule has 11 heteroatoms. The molecule has 0 aromatic carbocycles. The van der Waals surface area contributed by atoms with Gasteiger partial charge in [0.25, 0.3) is 5.89 Å². The van der Waals surface area contributed by atoms with Crippen LogP contribution in [-0.4, -0.2) is 74.7 Å². The van der Waals surface area contributed by atoms with Gasteiger partial charge in [-0.2, -0.15) is 10.1 Å². The van der Waals surface area contributed by atoms with E-state index in [0.717, 1.165) is 36.2 Å². The van der Waals surface area contributed by atoms with Gasteiger partial charge >= 0.3 is 5.97 Å². The highest BCUT2D eigenvalue weighted by atomic mass is 16.5. The van der Waals surface area contributed by atoms with Crippen LogP contribution in [-0.2, 0) is 27.4 Å². The lowest BCUT2D eigenvalue weighted by Gasteiger charge is -2.25. The van der Waals surface area contributed by atoms with E-state index in [1.165, 1.54) is 0 Å². The highest BCUT2D eigenvalue weighted by molar-refractivity contribution is 5.96. The first-order valence-corrected chi connectivity index (χ1v) is 10.6. The van der Waals surface area contributed by atoms with Gasteiger partial charge in [-0.1, -0.05) is 5.16 Å². The van der Waals surface area contributed by atoms with Crippen LogP contribution >= 0.6 is 0 Å². The molecule has 11 nitrogen and oxygen atoms in total. The Morgan fingerprint density at radius 1 is 1.23 bits per heavy atom. The zero-order valence-electron chi connectivity index (χ0n) is 17.4. The molecule has 0 bridgehead atoms. The molecule has 0 radical (unpaired) electrons. The average molecular weight is 427 g/mol. The number of nitrogens with zero attached hydrogens (tertiary/aromatic N) is 6. The van der Waals surface area contributed by atoms with Crippen molar-refractivity contribution in [2.24, 2.45) is 0 Å². The maximum absolute atomic E-state index is 11.8. The number of esters is 1. The van der Waals surface area contributed by atoms with Crippen molar-refractivity contribution in [3.8, 4) is 11.5 Å². The van der Waals surface area contributed by atoms with Crippen LogP contribution < -0.4 is 5.32 Å². The van der Waals surface area contributed by atoms with Gasteiger partial charge in [-0.25, -0.2) is 9.67 Å². The maximum Gasteiger partial charge on any atom is 0.307 e. The second-order valence-corrected chi connectivity index (χ2v) is 7.70. The number of nitrogens with one attached hydrogen (secondary N) is 1. The molecule has 5 heterocycles. The Hall–Kier alpha value is -3.05. The van der Waals surface area contributed by atoms with Gasteiger partial charge in [0, 0.05) is 38.3 Å². The van der Waals surface area contributed by atoms with Crippen molar-refractivity contribution in [2.45, 2.75) is 38.9 Å². The molecule has 1 unspecified atom stereocenters. The predicted molar refractivity (Wildman–Crippen MR) is 110 cm³/mol. The minimum atomic E-state index is -0.203. The predicted octanol–water partition coefficient (Wildman–Crippen LogP) is 1.45.